The van der Waals surface area contributed by atoms with Gasteiger partial charge >= 0.3 is 0 Å². The van der Waals surface area contributed by atoms with Crippen molar-refractivity contribution in [3.8, 4) is 0 Å². The molecule has 4 heteroatoms. The van der Waals surface area contributed by atoms with Gasteiger partial charge in [0.2, 0.25) is 0 Å². The second-order valence-corrected chi connectivity index (χ2v) is 2.69. The molecule has 1 aromatic rings. The first kappa shape index (κ1) is 11.7. The lowest BCUT2D eigenvalue weighted by atomic mass is 10.2. The Morgan fingerprint density at radius 2 is 2.17 bits per heavy atom. The van der Waals surface area contributed by atoms with Crippen molar-refractivity contribution in [2.24, 2.45) is 0 Å². The molecule has 0 saturated heterocycles. The summed E-state index contributed by atoms with van der Waals surface area (Å²) in [5, 5.41) is 3.13. The van der Waals surface area contributed by atoms with Crippen LogP contribution in [0.25, 0.3) is 0 Å². The standard InChI is InChI=1S/C8H9ClFN.ClH/c1-11-5-6-2-3-8(10)7(9)4-6;/h2-4,11H,5H2,1H3;1H. The summed E-state index contributed by atoms with van der Waals surface area (Å²) in [6, 6.07) is 4.69. The highest BCUT2D eigenvalue weighted by molar-refractivity contribution is 6.30. The second-order valence-electron chi connectivity index (χ2n) is 2.28. The van der Waals surface area contributed by atoms with Crippen LogP contribution in [-0.4, -0.2) is 7.05 Å². The summed E-state index contributed by atoms with van der Waals surface area (Å²) in [5.41, 5.74) is 0.985. The molecule has 0 aliphatic rings. The van der Waals surface area contributed by atoms with E-state index in [0.717, 1.165) is 5.56 Å². The Labute approximate surface area is 82.3 Å². The van der Waals surface area contributed by atoms with Crippen molar-refractivity contribution < 1.29 is 4.39 Å². The van der Waals surface area contributed by atoms with Crippen LogP contribution < -0.4 is 5.32 Å². The fourth-order valence-corrected chi connectivity index (χ4v) is 1.06. The summed E-state index contributed by atoms with van der Waals surface area (Å²) >= 11 is 5.55. The highest BCUT2D eigenvalue weighted by Crippen LogP contribution is 2.15. The van der Waals surface area contributed by atoms with E-state index < -0.39 is 0 Å². The molecule has 0 aliphatic carbocycles. The average molecular weight is 210 g/mol. The van der Waals surface area contributed by atoms with E-state index in [-0.39, 0.29) is 23.2 Å². The summed E-state index contributed by atoms with van der Waals surface area (Å²) in [4.78, 5) is 0. The van der Waals surface area contributed by atoms with Gasteiger partial charge in [-0.3, -0.25) is 0 Å². The van der Waals surface area contributed by atoms with E-state index in [4.69, 9.17) is 11.6 Å². The van der Waals surface area contributed by atoms with E-state index in [1.807, 2.05) is 7.05 Å². The number of hydrogen-bond donors (Lipinski definition) is 1. The van der Waals surface area contributed by atoms with E-state index in [0.29, 0.717) is 6.54 Å². The van der Waals surface area contributed by atoms with Gasteiger partial charge < -0.3 is 5.32 Å². The molecule has 0 radical (unpaired) electrons. The molecule has 0 spiro atoms. The maximum atomic E-state index is 12.6. The maximum absolute atomic E-state index is 12.6. The number of hydrogen-bond acceptors (Lipinski definition) is 1. The Morgan fingerprint density at radius 1 is 1.50 bits per heavy atom. The third-order valence-corrected chi connectivity index (χ3v) is 1.65. The molecule has 0 fully saturated rings. The first-order valence-electron chi connectivity index (χ1n) is 3.32. The minimum absolute atomic E-state index is 0. The number of benzene rings is 1. The average Bonchev–Trinajstić information content (AvgIpc) is 1.98. The van der Waals surface area contributed by atoms with Crippen LogP contribution >= 0.6 is 24.0 Å². The van der Waals surface area contributed by atoms with E-state index in [2.05, 4.69) is 5.32 Å². The fourth-order valence-electron chi connectivity index (χ4n) is 0.854. The topological polar surface area (TPSA) is 12.0 Å². The third-order valence-electron chi connectivity index (χ3n) is 1.36. The summed E-state index contributed by atoms with van der Waals surface area (Å²) in [6.07, 6.45) is 0. The lowest BCUT2D eigenvalue weighted by Crippen LogP contribution is -2.04. The van der Waals surface area contributed by atoms with Crippen molar-refractivity contribution in [3.63, 3.8) is 0 Å². The smallest absolute Gasteiger partial charge is 0.141 e. The molecule has 0 aliphatic heterocycles. The van der Waals surface area contributed by atoms with Crippen LogP contribution in [0.2, 0.25) is 5.02 Å². The summed E-state index contributed by atoms with van der Waals surface area (Å²) in [7, 11) is 1.83. The second kappa shape index (κ2) is 5.36. The molecular formula is C8H10Cl2FN. The number of rotatable bonds is 2. The molecular weight excluding hydrogens is 200 g/mol. The zero-order valence-electron chi connectivity index (χ0n) is 6.60. The van der Waals surface area contributed by atoms with Gasteiger partial charge in [-0.15, -0.1) is 12.4 Å². The molecule has 0 heterocycles. The molecule has 0 atom stereocenters. The van der Waals surface area contributed by atoms with Crippen molar-refractivity contribution in [2.75, 3.05) is 7.05 Å². The minimum Gasteiger partial charge on any atom is -0.316 e. The Hall–Kier alpha value is -0.310. The first-order chi connectivity index (χ1) is 5.24. The van der Waals surface area contributed by atoms with Gasteiger partial charge in [0.05, 0.1) is 5.02 Å². The Balaban J connectivity index is 0.00000121. The molecule has 12 heavy (non-hydrogen) atoms. The van der Waals surface area contributed by atoms with Gasteiger partial charge in [0, 0.05) is 6.54 Å². The fraction of sp³-hybridized carbons (Fsp3) is 0.250. The summed E-state index contributed by atoms with van der Waals surface area (Å²) in [5.74, 6) is -0.369. The lowest BCUT2D eigenvalue weighted by molar-refractivity contribution is 0.627. The zero-order valence-corrected chi connectivity index (χ0v) is 8.18. The van der Waals surface area contributed by atoms with Crippen LogP contribution in [0.1, 0.15) is 5.56 Å². The normalized spacial score (nSPS) is 9.25. The lowest BCUT2D eigenvalue weighted by Gasteiger charge is -2.00. The molecule has 0 amide bonds. The van der Waals surface area contributed by atoms with E-state index >= 15 is 0 Å². The van der Waals surface area contributed by atoms with Crippen LogP contribution in [0.15, 0.2) is 18.2 Å². The third kappa shape index (κ3) is 2.97. The van der Waals surface area contributed by atoms with E-state index in [1.165, 1.54) is 6.07 Å². The van der Waals surface area contributed by atoms with Gasteiger partial charge in [0.15, 0.2) is 0 Å². The van der Waals surface area contributed by atoms with Crippen molar-refractivity contribution in [1.29, 1.82) is 0 Å². The quantitative estimate of drug-likeness (QED) is 0.791. The Morgan fingerprint density at radius 3 is 2.67 bits per heavy atom. The van der Waals surface area contributed by atoms with Gasteiger partial charge in [-0.25, -0.2) is 4.39 Å². The maximum Gasteiger partial charge on any atom is 0.141 e. The zero-order chi connectivity index (χ0) is 8.27. The largest absolute Gasteiger partial charge is 0.316 e. The molecule has 68 valence electrons. The Bertz CT molecular complexity index is 253. The van der Waals surface area contributed by atoms with Crippen LogP contribution in [0.5, 0.6) is 0 Å². The summed E-state index contributed by atoms with van der Waals surface area (Å²) in [6.45, 7) is 0.708. The number of nitrogens with one attached hydrogen (secondary N) is 1. The summed E-state index contributed by atoms with van der Waals surface area (Å²) < 4.78 is 12.6. The van der Waals surface area contributed by atoms with Gasteiger partial charge in [-0.05, 0) is 24.7 Å². The van der Waals surface area contributed by atoms with E-state index in [1.54, 1.807) is 12.1 Å². The van der Waals surface area contributed by atoms with Crippen molar-refractivity contribution >= 4 is 24.0 Å². The predicted molar refractivity (Wildman–Crippen MR) is 51.4 cm³/mol. The molecule has 0 bridgehead atoms. The molecule has 1 aromatic carbocycles. The first-order valence-corrected chi connectivity index (χ1v) is 3.70. The van der Waals surface area contributed by atoms with Gasteiger partial charge in [-0.2, -0.15) is 0 Å². The van der Waals surface area contributed by atoms with Crippen LogP contribution in [-0.2, 0) is 6.54 Å². The van der Waals surface area contributed by atoms with Crippen molar-refractivity contribution in [1.82, 2.24) is 5.32 Å². The van der Waals surface area contributed by atoms with Crippen LogP contribution in [0.3, 0.4) is 0 Å². The minimum atomic E-state index is -0.369. The monoisotopic (exact) mass is 209 g/mol. The molecule has 1 rings (SSSR count). The highest BCUT2D eigenvalue weighted by Gasteiger charge is 1.98. The SMILES string of the molecule is CNCc1ccc(F)c(Cl)c1.Cl. The molecule has 0 unspecified atom stereocenters. The molecule has 0 aromatic heterocycles. The van der Waals surface area contributed by atoms with Gasteiger partial charge in [0.25, 0.3) is 0 Å². The van der Waals surface area contributed by atoms with E-state index in [9.17, 15) is 4.39 Å². The van der Waals surface area contributed by atoms with Crippen molar-refractivity contribution in [3.05, 3.63) is 34.6 Å². The van der Waals surface area contributed by atoms with Gasteiger partial charge in [0.1, 0.15) is 5.82 Å². The number of halogens is 3. The highest BCUT2D eigenvalue weighted by atomic mass is 35.5. The molecule has 0 saturated carbocycles. The van der Waals surface area contributed by atoms with Crippen molar-refractivity contribution in [2.45, 2.75) is 6.54 Å². The van der Waals surface area contributed by atoms with Crippen LogP contribution in [0.4, 0.5) is 4.39 Å². The molecule has 1 N–H and O–H groups in total. The van der Waals surface area contributed by atoms with Gasteiger partial charge in [-0.1, -0.05) is 17.7 Å². The Kier molecular flexibility index (Phi) is 5.22. The molecule has 1 nitrogen and oxygen atoms in total. The predicted octanol–water partition coefficient (Wildman–Crippen LogP) is 2.62. The van der Waals surface area contributed by atoms with Crippen LogP contribution in [0, 0.1) is 5.82 Å².